The Bertz CT molecular complexity index is 241. The molecule has 1 aromatic rings. The minimum Gasteiger partial charge on any atom is -0.391 e. The van der Waals surface area contributed by atoms with Crippen LogP contribution < -0.4 is 5.32 Å². The van der Waals surface area contributed by atoms with Crippen molar-refractivity contribution in [1.82, 2.24) is 5.32 Å². The summed E-state index contributed by atoms with van der Waals surface area (Å²) in [5, 5.41) is 17.4. The van der Waals surface area contributed by atoms with Crippen molar-refractivity contribution in [3.8, 4) is 0 Å². The van der Waals surface area contributed by atoms with E-state index in [1.165, 1.54) is 12.0 Å². The van der Waals surface area contributed by atoms with Crippen molar-refractivity contribution in [1.29, 1.82) is 0 Å². The van der Waals surface area contributed by atoms with E-state index in [1.54, 1.807) is 11.3 Å². The molecule has 2 atom stereocenters. The Morgan fingerprint density at radius 1 is 1.69 bits per heavy atom. The molecule has 1 aromatic heterocycles. The monoisotopic (exact) mass is 197 g/mol. The number of rotatable bonds is 3. The van der Waals surface area contributed by atoms with Gasteiger partial charge in [0, 0.05) is 12.5 Å². The van der Waals surface area contributed by atoms with Gasteiger partial charge in [-0.15, -0.1) is 0 Å². The van der Waals surface area contributed by atoms with Gasteiger partial charge in [0.2, 0.25) is 0 Å². The Balaban J connectivity index is 1.87. The molecule has 0 aromatic carbocycles. The van der Waals surface area contributed by atoms with Gasteiger partial charge < -0.3 is 10.4 Å². The molecule has 1 fully saturated rings. The second kappa shape index (κ2) is 4.22. The summed E-state index contributed by atoms with van der Waals surface area (Å²) >= 11 is 1.69. The fourth-order valence-electron chi connectivity index (χ4n) is 1.83. The van der Waals surface area contributed by atoms with Crippen LogP contribution in [-0.2, 0) is 6.42 Å². The van der Waals surface area contributed by atoms with Gasteiger partial charge in [-0.3, -0.25) is 0 Å². The van der Waals surface area contributed by atoms with E-state index < -0.39 is 0 Å². The van der Waals surface area contributed by atoms with Crippen LogP contribution in [0.15, 0.2) is 16.8 Å². The summed E-state index contributed by atoms with van der Waals surface area (Å²) in [6.45, 7) is 1.06. The molecule has 2 N–H and O–H groups in total. The van der Waals surface area contributed by atoms with Crippen molar-refractivity contribution < 1.29 is 5.11 Å². The Hall–Kier alpha value is -0.380. The SMILES string of the molecule is OC(Cc1ccsc1)[C@H]1CCCN1. The predicted octanol–water partition coefficient (Wildman–Crippen LogP) is 1.40. The van der Waals surface area contributed by atoms with Crippen molar-refractivity contribution in [3.05, 3.63) is 22.4 Å². The lowest BCUT2D eigenvalue weighted by atomic mass is 10.0. The number of aliphatic hydroxyl groups excluding tert-OH is 1. The number of nitrogens with one attached hydrogen (secondary N) is 1. The quantitative estimate of drug-likeness (QED) is 0.768. The van der Waals surface area contributed by atoms with Crippen LogP contribution in [0.2, 0.25) is 0 Å². The van der Waals surface area contributed by atoms with Crippen LogP contribution in [0.3, 0.4) is 0 Å². The third kappa shape index (κ3) is 2.30. The normalized spacial score (nSPS) is 24.8. The maximum Gasteiger partial charge on any atom is 0.0733 e. The first kappa shape index (κ1) is 9.19. The van der Waals surface area contributed by atoms with Gasteiger partial charge in [-0.1, -0.05) is 0 Å². The standard InChI is InChI=1S/C10H15NOS/c12-10(9-2-1-4-11-9)6-8-3-5-13-7-8/h3,5,7,9-12H,1-2,4,6H2/t9-,10?/m1/s1. The van der Waals surface area contributed by atoms with Crippen molar-refractivity contribution in [2.75, 3.05) is 6.54 Å². The van der Waals surface area contributed by atoms with Crippen molar-refractivity contribution in [2.45, 2.75) is 31.4 Å². The van der Waals surface area contributed by atoms with Crippen LogP contribution in [0.5, 0.6) is 0 Å². The minimum atomic E-state index is -0.211. The van der Waals surface area contributed by atoms with Gasteiger partial charge in [0.25, 0.3) is 0 Å². The van der Waals surface area contributed by atoms with E-state index in [9.17, 15) is 5.11 Å². The smallest absolute Gasteiger partial charge is 0.0733 e. The summed E-state index contributed by atoms with van der Waals surface area (Å²) in [6.07, 6.45) is 2.90. The lowest BCUT2D eigenvalue weighted by Gasteiger charge is -2.17. The van der Waals surface area contributed by atoms with Gasteiger partial charge in [0.05, 0.1) is 6.10 Å². The van der Waals surface area contributed by atoms with Gasteiger partial charge in [-0.25, -0.2) is 0 Å². The van der Waals surface area contributed by atoms with Gasteiger partial charge >= 0.3 is 0 Å². The number of aliphatic hydroxyl groups is 1. The lowest BCUT2D eigenvalue weighted by Crippen LogP contribution is -2.35. The molecule has 0 radical (unpaired) electrons. The molecule has 0 bridgehead atoms. The summed E-state index contributed by atoms with van der Waals surface area (Å²) in [6, 6.07) is 2.41. The van der Waals surface area contributed by atoms with Crippen molar-refractivity contribution >= 4 is 11.3 Å². The van der Waals surface area contributed by atoms with Gasteiger partial charge in [-0.05, 0) is 41.8 Å². The van der Waals surface area contributed by atoms with E-state index in [4.69, 9.17) is 0 Å². The maximum absolute atomic E-state index is 9.86. The van der Waals surface area contributed by atoms with Gasteiger partial charge in [-0.2, -0.15) is 11.3 Å². The van der Waals surface area contributed by atoms with E-state index in [1.807, 2.05) is 0 Å². The molecule has 0 aliphatic carbocycles. The first-order valence-electron chi connectivity index (χ1n) is 4.79. The van der Waals surface area contributed by atoms with Gasteiger partial charge in [0.15, 0.2) is 0 Å². The van der Waals surface area contributed by atoms with Crippen LogP contribution in [0.1, 0.15) is 18.4 Å². The third-order valence-corrected chi connectivity index (χ3v) is 3.32. The molecule has 0 spiro atoms. The van der Waals surface area contributed by atoms with Crippen LogP contribution in [0.25, 0.3) is 0 Å². The van der Waals surface area contributed by atoms with E-state index in [0.717, 1.165) is 19.4 Å². The molecule has 0 amide bonds. The Morgan fingerprint density at radius 2 is 2.62 bits per heavy atom. The Labute approximate surface area is 82.6 Å². The third-order valence-electron chi connectivity index (χ3n) is 2.59. The maximum atomic E-state index is 9.86. The zero-order valence-corrected chi connectivity index (χ0v) is 8.39. The second-order valence-corrected chi connectivity index (χ2v) is 4.39. The summed E-state index contributed by atoms with van der Waals surface area (Å²) in [5.74, 6) is 0. The highest BCUT2D eigenvalue weighted by Gasteiger charge is 2.22. The van der Waals surface area contributed by atoms with E-state index in [0.29, 0.717) is 6.04 Å². The molecule has 3 heteroatoms. The summed E-state index contributed by atoms with van der Waals surface area (Å²) < 4.78 is 0. The number of hydrogen-bond acceptors (Lipinski definition) is 3. The molecular formula is C10H15NOS. The molecule has 13 heavy (non-hydrogen) atoms. The van der Waals surface area contributed by atoms with Crippen molar-refractivity contribution in [3.63, 3.8) is 0 Å². The average Bonchev–Trinajstić information content (AvgIpc) is 2.74. The molecule has 1 aliphatic rings. The average molecular weight is 197 g/mol. The topological polar surface area (TPSA) is 32.3 Å². The minimum absolute atomic E-state index is 0.211. The van der Waals surface area contributed by atoms with E-state index in [-0.39, 0.29) is 6.10 Å². The highest BCUT2D eigenvalue weighted by Crippen LogP contribution is 2.15. The molecular weight excluding hydrogens is 182 g/mol. The number of hydrogen-bond donors (Lipinski definition) is 2. The molecule has 2 heterocycles. The van der Waals surface area contributed by atoms with Crippen LogP contribution in [-0.4, -0.2) is 23.8 Å². The van der Waals surface area contributed by atoms with Gasteiger partial charge in [0.1, 0.15) is 0 Å². The Morgan fingerprint density at radius 3 is 3.23 bits per heavy atom. The first-order valence-corrected chi connectivity index (χ1v) is 5.73. The number of thiophene rings is 1. The molecule has 2 nitrogen and oxygen atoms in total. The fourth-order valence-corrected chi connectivity index (χ4v) is 2.51. The molecule has 1 unspecified atom stereocenters. The van der Waals surface area contributed by atoms with Crippen molar-refractivity contribution in [2.24, 2.45) is 0 Å². The highest BCUT2D eigenvalue weighted by atomic mass is 32.1. The fraction of sp³-hybridized carbons (Fsp3) is 0.600. The highest BCUT2D eigenvalue weighted by molar-refractivity contribution is 7.07. The van der Waals surface area contributed by atoms with E-state index in [2.05, 4.69) is 22.1 Å². The molecule has 1 aliphatic heterocycles. The molecule has 0 saturated carbocycles. The molecule has 2 rings (SSSR count). The van der Waals surface area contributed by atoms with Crippen LogP contribution in [0.4, 0.5) is 0 Å². The van der Waals surface area contributed by atoms with Crippen LogP contribution in [0, 0.1) is 0 Å². The predicted molar refractivity (Wildman–Crippen MR) is 55.1 cm³/mol. The lowest BCUT2D eigenvalue weighted by molar-refractivity contribution is 0.136. The zero-order chi connectivity index (χ0) is 9.10. The van der Waals surface area contributed by atoms with E-state index >= 15 is 0 Å². The molecule has 72 valence electrons. The first-order chi connectivity index (χ1) is 6.36. The second-order valence-electron chi connectivity index (χ2n) is 3.61. The Kier molecular flexibility index (Phi) is 2.98. The molecule has 1 saturated heterocycles. The summed E-state index contributed by atoms with van der Waals surface area (Å²) in [5.41, 5.74) is 1.26. The summed E-state index contributed by atoms with van der Waals surface area (Å²) in [4.78, 5) is 0. The summed E-state index contributed by atoms with van der Waals surface area (Å²) in [7, 11) is 0. The largest absolute Gasteiger partial charge is 0.391 e. The van der Waals surface area contributed by atoms with Crippen LogP contribution >= 0.6 is 11.3 Å². The zero-order valence-electron chi connectivity index (χ0n) is 7.57.